The predicted octanol–water partition coefficient (Wildman–Crippen LogP) is 1.07. The van der Waals surface area contributed by atoms with E-state index in [9.17, 15) is 9.59 Å². The second kappa shape index (κ2) is 6.94. The van der Waals surface area contributed by atoms with Gasteiger partial charge in [-0.1, -0.05) is 11.6 Å². The molecule has 19 heavy (non-hydrogen) atoms. The number of aromatic nitrogens is 2. The number of ether oxygens (including phenoxy) is 1. The van der Waals surface area contributed by atoms with E-state index in [-0.39, 0.29) is 24.8 Å². The lowest BCUT2D eigenvalue weighted by Crippen LogP contribution is -2.24. The lowest BCUT2D eigenvalue weighted by atomic mass is 10.2. The number of aryl methyl sites for hydroxylation is 2. The molecule has 1 heterocycles. The molecule has 0 saturated carbocycles. The first-order valence-corrected chi connectivity index (χ1v) is 6.05. The van der Waals surface area contributed by atoms with Crippen molar-refractivity contribution in [2.45, 2.75) is 13.3 Å². The van der Waals surface area contributed by atoms with Gasteiger partial charge in [0.05, 0.1) is 19.2 Å². The van der Waals surface area contributed by atoms with Crippen molar-refractivity contribution in [3.8, 4) is 0 Å². The number of carbonyl (C=O) groups is 2. The second-order valence-corrected chi connectivity index (χ2v) is 4.22. The highest BCUT2D eigenvalue weighted by atomic mass is 35.5. The molecule has 7 heteroatoms. The topological polar surface area (TPSA) is 73.2 Å². The summed E-state index contributed by atoms with van der Waals surface area (Å²) >= 11 is 6.02. The third-order valence-corrected chi connectivity index (χ3v) is 2.90. The quantitative estimate of drug-likeness (QED) is 0.649. The Balaban J connectivity index is 2.52. The molecule has 1 rings (SSSR count). The summed E-state index contributed by atoms with van der Waals surface area (Å²) in [4.78, 5) is 22.3. The van der Waals surface area contributed by atoms with Crippen LogP contribution in [0.15, 0.2) is 6.08 Å². The van der Waals surface area contributed by atoms with E-state index in [2.05, 4.69) is 15.2 Å². The first kappa shape index (κ1) is 15.2. The van der Waals surface area contributed by atoms with Crippen molar-refractivity contribution in [2.75, 3.05) is 13.7 Å². The third-order valence-electron chi connectivity index (χ3n) is 2.45. The van der Waals surface area contributed by atoms with Crippen LogP contribution in [0.5, 0.6) is 0 Å². The standard InChI is InChI=1S/C12H16ClN3O3/c1-8-9(12(13)16(2)15-8)4-5-10(17)14-7-6-11(18)19-3/h4-5H,6-7H2,1-3H3,(H,14,17). The van der Waals surface area contributed by atoms with Gasteiger partial charge in [-0.15, -0.1) is 0 Å². The molecule has 1 N–H and O–H groups in total. The van der Waals surface area contributed by atoms with Gasteiger partial charge in [0.2, 0.25) is 5.91 Å². The van der Waals surface area contributed by atoms with E-state index in [4.69, 9.17) is 11.6 Å². The second-order valence-electron chi connectivity index (χ2n) is 3.86. The van der Waals surface area contributed by atoms with Crippen molar-refractivity contribution in [3.05, 3.63) is 22.5 Å². The molecule has 0 aliphatic heterocycles. The van der Waals surface area contributed by atoms with Crippen LogP contribution in [-0.2, 0) is 21.4 Å². The molecule has 104 valence electrons. The van der Waals surface area contributed by atoms with Crippen LogP contribution < -0.4 is 5.32 Å². The zero-order chi connectivity index (χ0) is 14.4. The predicted molar refractivity (Wildman–Crippen MR) is 71.6 cm³/mol. The van der Waals surface area contributed by atoms with E-state index in [1.165, 1.54) is 17.9 Å². The molecule has 0 radical (unpaired) electrons. The minimum atomic E-state index is -0.365. The first-order chi connectivity index (χ1) is 8.95. The van der Waals surface area contributed by atoms with Gasteiger partial charge in [-0.25, -0.2) is 0 Å². The van der Waals surface area contributed by atoms with Crippen LogP contribution >= 0.6 is 11.6 Å². The fourth-order valence-corrected chi connectivity index (χ4v) is 1.68. The van der Waals surface area contributed by atoms with Gasteiger partial charge in [0.15, 0.2) is 0 Å². The summed E-state index contributed by atoms with van der Waals surface area (Å²) in [5.41, 5.74) is 1.44. The van der Waals surface area contributed by atoms with Gasteiger partial charge in [-0.05, 0) is 13.0 Å². The average Bonchev–Trinajstić information content (AvgIpc) is 2.61. The van der Waals surface area contributed by atoms with E-state index >= 15 is 0 Å². The zero-order valence-electron chi connectivity index (χ0n) is 11.1. The van der Waals surface area contributed by atoms with Gasteiger partial charge in [0.25, 0.3) is 0 Å². The molecular formula is C12H16ClN3O3. The maximum Gasteiger partial charge on any atom is 0.307 e. The maximum absolute atomic E-state index is 11.5. The van der Waals surface area contributed by atoms with Crippen LogP contribution in [0, 0.1) is 6.92 Å². The molecule has 1 aromatic heterocycles. The summed E-state index contributed by atoms with van der Waals surface area (Å²) in [6.45, 7) is 2.04. The number of nitrogens with zero attached hydrogens (tertiary/aromatic N) is 2. The lowest BCUT2D eigenvalue weighted by molar-refractivity contribution is -0.140. The van der Waals surface area contributed by atoms with Gasteiger partial charge < -0.3 is 10.1 Å². The van der Waals surface area contributed by atoms with E-state index in [0.29, 0.717) is 10.7 Å². The van der Waals surface area contributed by atoms with Crippen LogP contribution in [0.4, 0.5) is 0 Å². The molecule has 0 atom stereocenters. The Kier molecular flexibility index (Phi) is 5.57. The normalized spacial score (nSPS) is 10.7. The highest BCUT2D eigenvalue weighted by molar-refractivity contribution is 6.31. The molecule has 0 bridgehead atoms. The summed E-state index contributed by atoms with van der Waals surface area (Å²) in [5, 5.41) is 7.16. The molecule has 0 unspecified atom stereocenters. The fraction of sp³-hybridized carbons (Fsp3) is 0.417. The Morgan fingerprint density at radius 2 is 2.21 bits per heavy atom. The number of carbonyl (C=O) groups excluding carboxylic acids is 2. The Bertz CT molecular complexity index is 509. The zero-order valence-corrected chi connectivity index (χ0v) is 11.8. The first-order valence-electron chi connectivity index (χ1n) is 5.67. The van der Waals surface area contributed by atoms with E-state index in [1.807, 2.05) is 0 Å². The Morgan fingerprint density at radius 3 is 2.74 bits per heavy atom. The number of halogens is 1. The minimum absolute atomic E-state index is 0.142. The molecule has 0 fully saturated rings. The molecule has 0 aliphatic rings. The average molecular weight is 286 g/mol. The highest BCUT2D eigenvalue weighted by Gasteiger charge is 2.08. The van der Waals surface area contributed by atoms with Gasteiger partial charge in [-0.3, -0.25) is 14.3 Å². The molecule has 1 amide bonds. The third kappa shape index (κ3) is 4.40. The highest BCUT2D eigenvalue weighted by Crippen LogP contribution is 2.19. The smallest absolute Gasteiger partial charge is 0.307 e. The number of nitrogens with one attached hydrogen (secondary N) is 1. The number of amides is 1. The monoisotopic (exact) mass is 285 g/mol. The van der Waals surface area contributed by atoms with Crippen molar-refractivity contribution >= 4 is 29.6 Å². The Labute approximate surface area is 116 Å². The van der Waals surface area contributed by atoms with E-state index in [0.717, 1.165) is 5.69 Å². The number of methoxy groups -OCH3 is 1. The number of rotatable bonds is 5. The van der Waals surface area contributed by atoms with Crippen molar-refractivity contribution in [3.63, 3.8) is 0 Å². The summed E-state index contributed by atoms with van der Waals surface area (Å²) in [6, 6.07) is 0. The van der Waals surface area contributed by atoms with Gasteiger partial charge >= 0.3 is 5.97 Å². The van der Waals surface area contributed by atoms with Crippen LogP contribution in [0.3, 0.4) is 0 Å². The van der Waals surface area contributed by atoms with Crippen LogP contribution in [0.25, 0.3) is 6.08 Å². The maximum atomic E-state index is 11.5. The fourth-order valence-electron chi connectivity index (χ4n) is 1.44. The number of hydrogen-bond acceptors (Lipinski definition) is 4. The number of hydrogen-bond donors (Lipinski definition) is 1. The van der Waals surface area contributed by atoms with Gasteiger partial charge in [-0.2, -0.15) is 5.10 Å². The van der Waals surface area contributed by atoms with Crippen molar-refractivity contribution in [2.24, 2.45) is 7.05 Å². The lowest BCUT2D eigenvalue weighted by Gasteiger charge is -2.00. The molecule has 1 aromatic rings. The molecular weight excluding hydrogens is 270 g/mol. The molecule has 0 spiro atoms. The summed E-state index contributed by atoms with van der Waals surface area (Å²) in [7, 11) is 3.03. The van der Waals surface area contributed by atoms with Crippen LogP contribution in [0.2, 0.25) is 5.15 Å². The molecule has 0 aromatic carbocycles. The van der Waals surface area contributed by atoms with E-state index in [1.54, 1.807) is 20.0 Å². The van der Waals surface area contributed by atoms with Gasteiger partial charge in [0.1, 0.15) is 5.15 Å². The molecule has 6 nitrogen and oxygen atoms in total. The van der Waals surface area contributed by atoms with Crippen molar-refractivity contribution < 1.29 is 14.3 Å². The Hall–Kier alpha value is -1.82. The van der Waals surface area contributed by atoms with E-state index < -0.39 is 0 Å². The number of esters is 1. The van der Waals surface area contributed by atoms with Crippen LogP contribution in [0.1, 0.15) is 17.7 Å². The largest absolute Gasteiger partial charge is 0.469 e. The van der Waals surface area contributed by atoms with Gasteiger partial charge in [0, 0.05) is 25.2 Å². The van der Waals surface area contributed by atoms with Crippen molar-refractivity contribution in [1.82, 2.24) is 15.1 Å². The minimum Gasteiger partial charge on any atom is -0.469 e. The molecule has 0 saturated heterocycles. The SMILES string of the molecule is COC(=O)CCNC(=O)C=Cc1c(C)nn(C)c1Cl. The molecule has 0 aliphatic carbocycles. The summed E-state index contributed by atoms with van der Waals surface area (Å²) < 4.78 is 5.99. The summed E-state index contributed by atoms with van der Waals surface area (Å²) in [6.07, 6.45) is 3.09. The van der Waals surface area contributed by atoms with Crippen molar-refractivity contribution in [1.29, 1.82) is 0 Å². The van der Waals surface area contributed by atoms with Crippen LogP contribution in [-0.4, -0.2) is 35.3 Å². The summed E-state index contributed by atoms with van der Waals surface area (Å²) in [5.74, 6) is -0.668. The Morgan fingerprint density at radius 1 is 1.53 bits per heavy atom.